The van der Waals surface area contributed by atoms with Gasteiger partial charge >= 0.3 is 5.97 Å². The van der Waals surface area contributed by atoms with Crippen LogP contribution in [0, 0.1) is 0 Å². The third kappa shape index (κ3) is 4.67. The molecule has 1 heterocycles. The maximum atomic E-state index is 12.3. The topological polar surface area (TPSA) is 59.0 Å². The highest BCUT2D eigenvalue weighted by Gasteiger charge is 2.33. The standard InChI is InChI=1S/C14H22N2O3S/c1-4-6-8-15-14-16(9-7-5-2)13(18)11(20-14)10-12(17)19-3/h10H,4-9H2,1-3H3/b11-10-,15-14?. The molecule has 6 heteroatoms. The van der Waals surface area contributed by atoms with E-state index in [1.165, 1.54) is 24.9 Å². The summed E-state index contributed by atoms with van der Waals surface area (Å²) in [5, 5.41) is 0.701. The quantitative estimate of drug-likeness (QED) is 0.412. The van der Waals surface area contributed by atoms with Gasteiger partial charge < -0.3 is 4.74 Å². The fourth-order valence-corrected chi connectivity index (χ4v) is 2.63. The SMILES string of the molecule is CCCCN=C1S/C(=C\C(=O)OC)C(=O)N1CCCC. The monoisotopic (exact) mass is 298 g/mol. The molecule has 1 saturated heterocycles. The van der Waals surface area contributed by atoms with Crippen LogP contribution in [0.5, 0.6) is 0 Å². The number of thioether (sulfide) groups is 1. The van der Waals surface area contributed by atoms with Crippen LogP contribution >= 0.6 is 11.8 Å². The minimum Gasteiger partial charge on any atom is -0.466 e. The fourth-order valence-electron chi connectivity index (χ4n) is 1.64. The lowest BCUT2D eigenvalue weighted by Gasteiger charge is -2.14. The summed E-state index contributed by atoms with van der Waals surface area (Å²) >= 11 is 1.26. The first-order valence-electron chi connectivity index (χ1n) is 6.97. The van der Waals surface area contributed by atoms with Crippen molar-refractivity contribution in [2.45, 2.75) is 39.5 Å². The molecule has 0 saturated carbocycles. The van der Waals surface area contributed by atoms with E-state index in [1.807, 2.05) is 0 Å². The number of methoxy groups -OCH3 is 1. The Morgan fingerprint density at radius 1 is 1.35 bits per heavy atom. The number of carbonyl (C=O) groups excluding carboxylic acids is 2. The van der Waals surface area contributed by atoms with E-state index in [-0.39, 0.29) is 5.91 Å². The van der Waals surface area contributed by atoms with Gasteiger partial charge in [0, 0.05) is 19.2 Å². The largest absolute Gasteiger partial charge is 0.466 e. The minimum absolute atomic E-state index is 0.149. The molecule has 1 aliphatic rings. The molecule has 0 aromatic heterocycles. The number of nitrogens with zero attached hydrogens (tertiary/aromatic N) is 2. The second-order valence-corrected chi connectivity index (χ2v) is 5.47. The Morgan fingerprint density at radius 3 is 2.65 bits per heavy atom. The van der Waals surface area contributed by atoms with E-state index in [1.54, 1.807) is 4.90 Å². The Bertz CT molecular complexity index is 419. The summed E-state index contributed by atoms with van der Waals surface area (Å²) in [6.45, 7) is 5.53. The molecule has 1 aliphatic heterocycles. The molecule has 1 fully saturated rings. The van der Waals surface area contributed by atoms with Gasteiger partial charge in [-0.1, -0.05) is 26.7 Å². The second kappa shape index (κ2) is 8.79. The van der Waals surface area contributed by atoms with E-state index in [0.717, 1.165) is 25.7 Å². The fraction of sp³-hybridized carbons (Fsp3) is 0.643. The smallest absolute Gasteiger partial charge is 0.331 e. The predicted molar refractivity (Wildman–Crippen MR) is 81.5 cm³/mol. The zero-order chi connectivity index (χ0) is 15.0. The van der Waals surface area contributed by atoms with Crippen LogP contribution in [0.4, 0.5) is 0 Å². The number of amidine groups is 1. The molecule has 0 unspecified atom stereocenters. The summed E-state index contributed by atoms with van der Waals surface area (Å²) in [6.07, 6.45) is 5.23. The van der Waals surface area contributed by atoms with Crippen molar-refractivity contribution in [1.82, 2.24) is 4.90 Å². The molecule has 5 nitrogen and oxygen atoms in total. The van der Waals surface area contributed by atoms with Crippen LogP contribution in [-0.4, -0.2) is 42.1 Å². The van der Waals surface area contributed by atoms with Crippen molar-refractivity contribution >= 4 is 28.8 Å². The number of ether oxygens (including phenoxy) is 1. The van der Waals surface area contributed by atoms with E-state index < -0.39 is 5.97 Å². The zero-order valence-electron chi connectivity index (χ0n) is 12.3. The summed E-state index contributed by atoms with van der Waals surface area (Å²) in [5.74, 6) is -0.657. The third-order valence-electron chi connectivity index (χ3n) is 2.83. The van der Waals surface area contributed by atoms with Gasteiger partial charge in [-0.3, -0.25) is 14.7 Å². The van der Waals surface area contributed by atoms with Gasteiger partial charge in [0.05, 0.1) is 12.0 Å². The Balaban J connectivity index is 2.85. The predicted octanol–water partition coefficient (Wildman–Crippen LogP) is 2.57. The molecule has 0 radical (unpaired) electrons. The highest BCUT2D eigenvalue weighted by molar-refractivity contribution is 8.18. The molecule has 0 spiro atoms. The minimum atomic E-state index is -0.508. The molecule has 0 atom stereocenters. The molecule has 0 bridgehead atoms. The first-order chi connectivity index (χ1) is 9.63. The van der Waals surface area contributed by atoms with E-state index in [9.17, 15) is 9.59 Å². The van der Waals surface area contributed by atoms with Crippen LogP contribution in [0.3, 0.4) is 0 Å². The molecule has 1 rings (SSSR count). The van der Waals surface area contributed by atoms with Crippen molar-refractivity contribution in [3.05, 3.63) is 11.0 Å². The number of carbonyl (C=O) groups is 2. The average Bonchev–Trinajstić information content (AvgIpc) is 2.73. The van der Waals surface area contributed by atoms with Gasteiger partial charge in [0.15, 0.2) is 5.17 Å². The van der Waals surface area contributed by atoms with Crippen LogP contribution < -0.4 is 0 Å². The molecule has 0 aromatic rings. The van der Waals surface area contributed by atoms with Crippen molar-refractivity contribution < 1.29 is 14.3 Å². The normalized spacial score (nSPS) is 19.1. The third-order valence-corrected chi connectivity index (χ3v) is 3.88. The summed E-state index contributed by atoms with van der Waals surface area (Å²) in [6, 6.07) is 0. The summed E-state index contributed by atoms with van der Waals surface area (Å²) in [7, 11) is 1.30. The van der Waals surface area contributed by atoms with Gasteiger partial charge in [0.2, 0.25) is 0 Å². The van der Waals surface area contributed by atoms with Crippen molar-refractivity contribution in [2.24, 2.45) is 4.99 Å². The van der Waals surface area contributed by atoms with Crippen LogP contribution in [0.2, 0.25) is 0 Å². The summed E-state index contributed by atoms with van der Waals surface area (Å²) in [4.78, 5) is 30.1. The molecule has 0 aromatic carbocycles. The van der Waals surface area contributed by atoms with Gasteiger partial charge in [-0.05, 0) is 24.6 Å². The van der Waals surface area contributed by atoms with E-state index in [2.05, 4.69) is 23.6 Å². The average molecular weight is 298 g/mol. The molecular weight excluding hydrogens is 276 g/mol. The Morgan fingerprint density at radius 2 is 2.05 bits per heavy atom. The molecule has 112 valence electrons. The van der Waals surface area contributed by atoms with Crippen molar-refractivity contribution in [2.75, 3.05) is 20.2 Å². The zero-order valence-corrected chi connectivity index (χ0v) is 13.2. The number of hydrogen-bond donors (Lipinski definition) is 0. The van der Waals surface area contributed by atoms with E-state index >= 15 is 0 Å². The number of aliphatic imine (C=N–C) groups is 1. The van der Waals surface area contributed by atoms with Crippen molar-refractivity contribution in [3.8, 4) is 0 Å². The van der Waals surface area contributed by atoms with E-state index in [4.69, 9.17) is 0 Å². The Labute approximate surface area is 124 Å². The maximum absolute atomic E-state index is 12.3. The summed E-state index contributed by atoms with van der Waals surface area (Å²) < 4.78 is 4.57. The molecule has 1 amide bonds. The molecule has 0 N–H and O–H groups in total. The first kappa shape index (κ1) is 16.8. The van der Waals surface area contributed by atoms with Crippen molar-refractivity contribution in [1.29, 1.82) is 0 Å². The van der Waals surface area contributed by atoms with Crippen molar-refractivity contribution in [3.63, 3.8) is 0 Å². The van der Waals surface area contributed by atoms with E-state index in [0.29, 0.717) is 23.2 Å². The van der Waals surface area contributed by atoms with Gasteiger partial charge in [0.25, 0.3) is 5.91 Å². The summed E-state index contributed by atoms with van der Waals surface area (Å²) in [5.41, 5.74) is 0. The lowest BCUT2D eigenvalue weighted by molar-refractivity contribution is -0.135. The van der Waals surface area contributed by atoms with Crippen LogP contribution in [0.25, 0.3) is 0 Å². The molecule has 20 heavy (non-hydrogen) atoms. The van der Waals surface area contributed by atoms with Crippen LogP contribution in [0.1, 0.15) is 39.5 Å². The number of esters is 1. The molecular formula is C14H22N2O3S. The Hall–Kier alpha value is -1.30. The van der Waals surface area contributed by atoms with Gasteiger partial charge in [-0.15, -0.1) is 0 Å². The highest BCUT2D eigenvalue weighted by Crippen LogP contribution is 2.31. The number of unbranched alkanes of at least 4 members (excludes halogenated alkanes) is 2. The first-order valence-corrected chi connectivity index (χ1v) is 7.79. The lowest BCUT2D eigenvalue weighted by Crippen LogP contribution is -2.30. The molecule has 0 aliphatic carbocycles. The van der Waals surface area contributed by atoms with Crippen LogP contribution in [0.15, 0.2) is 16.0 Å². The Kier molecular flexibility index (Phi) is 7.36. The maximum Gasteiger partial charge on any atom is 0.331 e. The van der Waals surface area contributed by atoms with Gasteiger partial charge in [0.1, 0.15) is 0 Å². The lowest BCUT2D eigenvalue weighted by atomic mass is 10.3. The number of hydrogen-bond acceptors (Lipinski definition) is 5. The van der Waals surface area contributed by atoms with Crippen LogP contribution in [-0.2, 0) is 14.3 Å². The van der Waals surface area contributed by atoms with Gasteiger partial charge in [-0.25, -0.2) is 4.79 Å². The highest BCUT2D eigenvalue weighted by atomic mass is 32.2. The number of amides is 1. The van der Waals surface area contributed by atoms with Gasteiger partial charge in [-0.2, -0.15) is 0 Å². The second-order valence-electron chi connectivity index (χ2n) is 4.46. The number of rotatable bonds is 7.